The Labute approximate surface area is 243 Å². The van der Waals surface area contributed by atoms with Gasteiger partial charge in [-0.3, -0.25) is 9.59 Å². The van der Waals surface area contributed by atoms with E-state index in [1.165, 1.54) is 16.7 Å². The summed E-state index contributed by atoms with van der Waals surface area (Å²) in [4.78, 5) is 38.9. The lowest BCUT2D eigenvalue weighted by Crippen LogP contribution is -2.34. The van der Waals surface area contributed by atoms with Crippen LogP contribution in [0.5, 0.6) is 0 Å². The summed E-state index contributed by atoms with van der Waals surface area (Å²) in [5.74, 6) is 0.0434. The molecule has 0 saturated carbocycles. The molecule has 2 N–H and O–H groups in total. The van der Waals surface area contributed by atoms with Gasteiger partial charge >= 0.3 is 6.09 Å². The molecule has 1 aliphatic rings. The third kappa shape index (κ3) is 11.9. The molecular formula is C32H45N3O6. The molecule has 9 heteroatoms. The largest absolute Gasteiger partial charge is 0.444 e. The van der Waals surface area contributed by atoms with Crippen molar-refractivity contribution in [2.24, 2.45) is 0 Å². The van der Waals surface area contributed by atoms with Crippen molar-refractivity contribution in [2.45, 2.75) is 71.4 Å². The van der Waals surface area contributed by atoms with Crippen LogP contribution in [0.3, 0.4) is 0 Å². The zero-order valence-electron chi connectivity index (χ0n) is 24.7. The number of amides is 3. The maximum atomic E-state index is 13.3. The highest BCUT2D eigenvalue weighted by atomic mass is 16.6. The summed E-state index contributed by atoms with van der Waals surface area (Å²) >= 11 is 0. The molecule has 3 rings (SSSR count). The van der Waals surface area contributed by atoms with Crippen LogP contribution in [0.2, 0.25) is 0 Å². The van der Waals surface area contributed by atoms with Gasteiger partial charge in [0.25, 0.3) is 0 Å². The molecule has 0 radical (unpaired) electrons. The van der Waals surface area contributed by atoms with Crippen molar-refractivity contribution in [2.75, 3.05) is 44.4 Å². The third-order valence-corrected chi connectivity index (χ3v) is 6.59. The standard InChI is InChI=1S/C32H45N3O6/c1-32(2,3)41-31(38)34-19-21-40-23-22-39-20-18-33-29(36)14-8-9-15-30(37)35-24-27-12-5-4-10-25(27)16-17-26-11-6-7-13-28(26)35/h4-7,10-13H,8-9,14-24H2,1-3H3,(H,33,36)(H,34,38). The molecule has 0 unspecified atom stereocenters. The van der Waals surface area contributed by atoms with E-state index in [1.54, 1.807) is 0 Å². The fraction of sp³-hybridized carbons (Fsp3) is 0.531. The molecule has 3 amide bonds. The van der Waals surface area contributed by atoms with Gasteiger partial charge in [-0.1, -0.05) is 42.5 Å². The Morgan fingerprint density at radius 1 is 0.756 bits per heavy atom. The number of ether oxygens (including phenoxy) is 3. The number of anilines is 1. The molecular weight excluding hydrogens is 522 g/mol. The molecule has 0 aliphatic carbocycles. The van der Waals surface area contributed by atoms with Crippen molar-refractivity contribution in [1.29, 1.82) is 0 Å². The maximum absolute atomic E-state index is 13.3. The summed E-state index contributed by atoms with van der Waals surface area (Å²) in [5.41, 5.74) is 4.14. The van der Waals surface area contributed by atoms with Crippen LogP contribution in [0, 0.1) is 0 Å². The number of aryl methyl sites for hydroxylation is 2. The summed E-state index contributed by atoms with van der Waals surface area (Å²) < 4.78 is 16.0. The zero-order chi connectivity index (χ0) is 29.5. The van der Waals surface area contributed by atoms with Crippen LogP contribution in [0.1, 0.15) is 63.1 Å². The highest BCUT2D eigenvalue weighted by Crippen LogP contribution is 2.29. The van der Waals surface area contributed by atoms with Gasteiger partial charge in [-0.25, -0.2) is 4.79 Å². The van der Waals surface area contributed by atoms with E-state index in [1.807, 2.05) is 49.9 Å². The number of fused-ring (bicyclic) bond motifs is 2. The Hall–Kier alpha value is -3.43. The Morgan fingerprint density at radius 3 is 2.05 bits per heavy atom. The Balaban J connectivity index is 1.25. The summed E-state index contributed by atoms with van der Waals surface area (Å²) in [7, 11) is 0. The van der Waals surface area contributed by atoms with Crippen molar-refractivity contribution in [3.63, 3.8) is 0 Å². The van der Waals surface area contributed by atoms with E-state index < -0.39 is 11.7 Å². The number of nitrogens with one attached hydrogen (secondary N) is 2. The molecule has 0 fully saturated rings. The van der Waals surface area contributed by atoms with Crippen LogP contribution in [0.25, 0.3) is 0 Å². The number of carbonyl (C=O) groups excluding carboxylic acids is 3. The monoisotopic (exact) mass is 567 g/mol. The second kappa shape index (κ2) is 16.7. The van der Waals surface area contributed by atoms with Crippen molar-refractivity contribution in [1.82, 2.24) is 10.6 Å². The smallest absolute Gasteiger partial charge is 0.407 e. The summed E-state index contributed by atoms with van der Waals surface area (Å²) in [6.45, 7) is 8.31. The number of hydrogen-bond acceptors (Lipinski definition) is 6. The summed E-state index contributed by atoms with van der Waals surface area (Å²) in [5, 5.41) is 5.48. The lowest BCUT2D eigenvalue weighted by atomic mass is 9.95. The molecule has 41 heavy (non-hydrogen) atoms. The molecule has 0 aromatic heterocycles. The van der Waals surface area contributed by atoms with Gasteiger partial charge in [-0.15, -0.1) is 0 Å². The number of benzene rings is 2. The second-order valence-electron chi connectivity index (χ2n) is 11.1. The molecule has 9 nitrogen and oxygen atoms in total. The van der Waals surface area contributed by atoms with Crippen molar-refractivity contribution in [3.8, 4) is 0 Å². The lowest BCUT2D eigenvalue weighted by Gasteiger charge is -2.29. The Kier molecular flexibility index (Phi) is 13.1. The minimum atomic E-state index is -0.527. The number of alkyl carbamates (subject to hydrolysis) is 1. The first kappa shape index (κ1) is 32.1. The van der Waals surface area contributed by atoms with Gasteiger partial charge < -0.3 is 29.7 Å². The van der Waals surface area contributed by atoms with E-state index in [9.17, 15) is 14.4 Å². The molecule has 2 aromatic carbocycles. The Morgan fingerprint density at radius 2 is 1.34 bits per heavy atom. The van der Waals surface area contributed by atoms with Gasteiger partial charge in [-0.05, 0) is 69.2 Å². The predicted octanol–water partition coefficient (Wildman–Crippen LogP) is 4.55. The maximum Gasteiger partial charge on any atom is 0.407 e. The summed E-state index contributed by atoms with van der Waals surface area (Å²) in [6, 6.07) is 16.5. The summed E-state index contributed by atoms with van der Waals surface area (Å²) in [6.07, 6.45) is 3.49. The predicted molar refractivity (Wildman–Crippen MR) is 159 cm³/mol. The van der Waals surface area contributed by atoms with Gasteiger partial charge in [0.2, 0.25) is 11.8 Å². The first-order valence-corrected chi connectivity index (χ1v) is 14.6. The van der Waals surface area contributed by atoms with Crippen LogP contribution in [0.15, 0.2) is 48.5 Å². The van der Waals surface area contributed by atoms with E-state index in [-0.39, 0.29) is 11.8 Å². The molecule has 0 atom stereocenters. The zero-order valence-corrected chi connectivity index (χ0v) is 24.7. The van der Waals surface area contributed by atoms with Gasteiger partial charge in [0.05, 0.1) is 33.0 Å². The minimum absolute atomic E-state index is 0.0453. The second-order valence-corrected chi connectivity index (χ2v) is 11.1. The average molecular weight is 568 g/mol. The first-order chi connectivity index (χ1) is 19.7. The quantitative estimate of drug-likeness (QED) is 0.325. The molecule has 2 aromatic rings. The van der Waals surface area contributed by atoms with E-state index in [0.29, 0.717) is 71.7 Å². The number of carbonyl (C=O) groups is 3. The van der Waals surface area contributed by atoms with Crippen LogP contribution in [0.4, 0.5) is 10.5 Å². The van der Waals surface area contributed by atoms with Crippen LogP contribution < -0.4 is 15.5 Å². The first-order valence-electron chi connectivity index (χ1n) is 14.6. The Bertz CT molecular complexity index is 1130. The fourth-order valence-electron chi connectivity index (χ4n) is 4.60. The van der Waals surface area contributed by atoms with Crippen molar-refractivity contribution in [3.05, 3.63) is 65.2 Å². The van der Waals surface area contributed by atoms with Gasteiger partial charge in [-0.2, -0.15) is 0 Å². The van der Waals surface area contributed by atoms with Crippen molar-refractivity contribution < 1.29 is 28.6 Å². The fourth-order valence-corrected chi connectivity index (χ4v) is 4.60. The van der Waals surface area contributed by atoms with E-state index in [4.69, 9.17) is 14.2 Å². The van der Waals surface area contributed by atoms with E-state index in [0.717, 1.165) is 18.5 Å². The van der Waals surface area contributed by atoms with Gasteiger partial charge in [0.1, 0.15) is 5.60 Å². The highest BCUT2D eigenvalue weighted by Gasteiger charge is 2.22. The van der Waals surface area contributed by atoms with E-state index >= 15 is 0 Å². The molecule has 224 valence electrons. The normalized spacial score (nSPS) is 12.9. The van der Waals surface area contributed by atoms with Crippen LogP contribution in [-0.4, -0.2) is 63.0 Å². The number of unbranched alkanes of at least 4 members (excludes halogenated alkanes) is 1. The average Bonchev–Trinajstić information content (AvgIpc) is 2.92. The van der Waals surface area contributed by atoms with Gasteiger partial charge in [0, 0.05) is 31.6 Å². The number of para-hydroxylation sites is 1. The van der Waals surface area contributed by atoms with Crippen LogP contribution >= 0.6 is 0 Å². The van der Waals surface area contributed by atoms with E-state index in [2.05, 4.69) is 34.9 Å². The van der Waals surface area contributed by atoms with Crippen molar-refractivity contribution >= 4 is 23.6 Å². The minimum Gasteiger partial charge on any atom is -0.444 e. The SMILES string of the molecule is CC(C)(C)OC(=O)NCCOCCOCCNC(=O)CCCCC(=O)N1Cc2ccccc2CCc2ccccc21. The number of nitrogens with zero attached hydrogens (tertiary/aromatic N) is 1. The molecule has 0 bridgehead atoms. The lowest BCUT2D eigenvalue weighted by molar-refractivity contribution is -0.122. The number of rotatable bonds is 14. The molecule has 0 spiro atoms. The molecule has 1 heterocycles. The third-order valence-electron chi connectivity index (χ3n) is 6.59. The number of hydrogen-bond donors (Lipinski definition) is 2. The molecule has 1 aliphatic heterocycles. The van der Waals surface area contributed by atoms with Crippen LogP contribution in [-0.2, 0) is 43.2 Å². The highest BCUT2D eigenvalue weighted by molar-refractivity contribution is 5.94. The molecule has 0 saturated heterocycles. The van der Waals surface area contributed by atoms with Gasteiger partial charge in [0.15, 0.2) is 0 Å². The topological polar surface area (TPSA) is 106 Å².